The SMILES string of the molecule is COCc1ccc(C)cc1N1C(=O)CS/C1=N\C(=O)NCOc1ccc(-c2ncn(-c3ccc(OC(F)(F)C(F)(F)F)cc3)n2)c(F)c1. The maximum atomic E-state index is 15.0. The van der Waals surface area contributed by atoms with E-state index in [0.29, 0.717) is 5.69 Å². The fourth-order valence-corrected chi connectivity index (χ4v) is 5.16. The summed E-state index contributed by atoms with van der Waals surface area (Å²) in [7, 11) is 1.53. The molecule has 1 N–H and O–H groups in total. The van der Waals surface area contributed by atoms with Gasteiger partial charge in [-0.2, -0.15) is 26.9 Å². The zero-order valence-electron chi connectivity index (χ0n) is 24.9. The number of alkyl halides is 5. The van der Waals surface area contributed by atoms with Gasteiger partial charge in [0, 0.05) is 18.7 Å². The van der Waals surface area contributed by atoms with Gasteiger partial charge in [-0.3, -0.25) is 9.69 Å². The molecule has 3 aromatic carbocycles. The van der Waals surface area contributed by atoms with Crippen molar-refractivity contribution in [2.75, 3.05) is 24.5 Å². The minimum absolute atomic E-state index is 0.0340. The Morgan fingerprint density at radius 1 is 1.04 bits per heavy atom. The molecular formula is C30H24F6N6O5S. The van der Waals surface area contributed by atoms with Gasteiger partial charge in [0.25, 0.3) is 0 Å². The lowest BCUT2D eigenvalue weighted by atomic mass is 10.1. The number of aryl methyl sites for hydroxylation is 1. The van der Waals surface area contributed by atoms with E-state index in [2.05, 4.69) is 25.1 Å². The van der Waals surface area contributed by atoms with Crippen molar-refractivity contribution < 1.29 is 50.1 Å². The van der Waals surface area contributed by atoms with Crippen molar-refractivity contribution >= 4 is 34.6 Å². The molecule has 1 saturated heterocycles. The monoisotopic (exact) mass is 694 g/mol. The van der Waals surface area contributed by atoms with E-state index in [-0.39, 0.29) is 53.0 Å². The fraction of sp³-hybridized carbons (Fsp3) is 0.233. The van der Waals surface area contributed by atoms with Crippen LogP contribution in [-0.2, 0) is 16.1 Å². The van der Waals surface area contributed by atoms with Gasteiger partial charge in [-0.25, -0.2) is 18.9 Å². The molecular weight excluding hydrogens is 670 g/mol. The maximum Gasteiger partial charge on any atom is 0.499 e. The summed E-state index contributed by atoms with van der Waals surface area (Å²) in [5, 5.41) is 6.72. The molecule has 11 nitrogen and oxygen atoms in total. The quantitative estimate of drug-likeness (QED) is 0.153. The van der Waals surface area contributed by atoms with Gasteiger partial charge < -0.3 is 19.5 Å². The predicted molar refractivity (Wildman–Crippen MR) is 162 cm³/mol. The summed E-state index contributed by atoms with van der Waals surface area (Å²) in [4.78, 5) is 34.6. The molecule has 0 atom stereocenters. The number of nitrogens with zero attached hydrogens (tertiary/aromatic N) is 5. The highest BCUT2D eigenvalue weighted by molar-refractivity contribution is 8.15. The van der Waals surface area contributed by atoms with Gasteiger partial charge in [0.1, 0.15) is 23.6 Å². The van der Waals surface area contributed by atoms with E-state index in [1.807, 2.05) is 19.1 Å². The van der Waals surface area contributed by atoms with E-state index in [4.69, 9.17) is 9.47 Å². The second kappa shape index (κ2) is 13.9. The molecule has 0 unspecified atom stereocenters. The molecule has 1 aliphatic heterocycles. The molecule has 1 aliphatic rings. The number of aromatic nitrogens is 3. The van der Waals surface area contributed by atoms with Gasteiger partial charge in [0.15, 0.2) is 17.7 Å². The first kappa shape index (κ1) is 34.2. The number of ether oxygens (including phenoxy) is 3. The number of carbonyl (C=O) groups excluding carboxylic acids is 2. The van der Waals surface area contributed by atoms with E-state index < -0.39 is 29.9 Å². The first-order valence-corrected chi connectivity index (χ1v) is 14.7. The van der Waals surface area contributed by atoms with E-state index >= 15 is 0 Å². The standard InChI is InChI=1S/C30H24F6N6O5S/c1-17-3-4-18(13-45-2)24(11-17)42-25(43)14-48-28(42)39-27(44)38-16-46-21-9-10-22(23(31)12-21)26-37-15-41(40-26)19-5-7-20(8-6-19)47-30(35,36)29(32,33)34/h3-12,15H,13-14,16H2,1-2H3,(H,38,44)/b39-28-. The number of amidine groups is 1. The fourth-order valence-electron chi connectivity index (χ4n) is 4.30. The normalized spacial score (nSPS) is 14.5. The summed E-state index contributed by atoms with van der Waals surface area (Å²) in [6, 6.07) is 12.6. The van der Waals surface area contributed by atoms with Crippen molar-refractivity contribution in [1.29, 1.82) is 0 Å². The molecule has 2 heterocycles. The molecule has 0 spiro atoms. The summed E-state index contributed by atoms with van der Waals surface area (Å²) in [5.41, 5.74) is 2.38. The molecule has 3 amide bonds. The van der Waals surface area contributed by atoms with Gasteiger partial charge in [0.2, 0.25) is 5.91 Å². The molecule has 1 fully saturated rings. The van der Waals surface area contributed by atoms with Gasteiger partial charge in [-0.1, -0.05) is 23.9 Å². The van der Waals surface area contributed by atoms with Crippen LogP contribution in [0.5, 0.6) is 11.5 Å². The zero-order valence-corrected chi connectivity index (χ0v) is 25.7. The van der Waals surface area contributed by atoms with Crippen molar-refractivity contribution in [3.05, 3.63) is 83.9 Å². The van der Waals surface area contributed by atoms with Crippen LogP contribution in [0.1, 0.15) is 11.1 Å². The van der Waals surface area contributed by atoms with Crippen LogP contribution >= 0.6 is 11.8 Å². The Kier molecular flexibility index (Phi) is 9.95. The van der Waals surface area contributed by atoms with Crippen LogP contribution in [0.2, 0.25) is 0 Å². The first-order chi connectivity index (χ1) is 22.8. The van der Waals surface area contributed by atoms with Crippen LogP contribution in [0.4, 0.5) is 36.8 Å². The maximum absolute atomic E-state index is 15.0. The number of urea groups is 1. The summed E-state index contributed by atoms with van der Waals surface area (Å²) in [6.07, 6.45) is -10.1. The summed E-state index contributed by atoms with van der Waals surface area (Å²) in [6.45, 7) is 1.73. The number of hydrogen-bond donors (Lipinski definition) is 1. The lowest BCUT2D eigenvalue weighted by Crippen LogP contribution is -2.41. The lowest BCUT2D eigenvalue weighted by Gasteiger charge is -2.20. The van der Waals surface area contributed by atoms with E-state index in [0.717, 1.165) is 57.9 Å². The van der Waals surface area contributed by atoms with Crippen molar-refractivity contribution in [2.24, 2.45) is 4.99 Å². The Hall–Kier alpha value is -5.10. The van der Waals surface area contributed by atoms with Gasteiger partial charge in [0.05, 0.1) is 29.3 Å². The van der Waals surface area contributed by atoms with Gasteiger partial charge in [-0.15, -0.1) is 5.10 Å². The predicted octanol–water partition coefficient (Wildman–Crippen LogP) is 6.24. The van der Waals surface area contributed by atoms with Gasteiger partial charge >= 0.3 is 18.3 Å². The average Bonchev–Trinajstić information content (AvgIpc) is 3.65. The Morgan fingerprint density at radius 2 is 1.77 bits per heavy atom. The Morgan fingerprint density at radius 3 is 2.46 bits per heavy atom. The number of rotatable bonds is 10. The number of benzene rings is 3. The van der Waals surface area contributed by atoms with Crippen molar-refractivity contribution in [1.82, 2.24) is 20.1 Å². The highest BCUT2D eigenvalue weighted by Crippen LogP contribution is 2.37. The number of thioether (sulfide) groups is 1. The number of methoxy groups -OCH3 is 1. The minimum atomic E-state index is -5.89. The summed E-state index contributed by atoms with van der Waals surface area (Å²) < 4.78 is 94.0. The Bertz CT molecular complexity index is 1850. The third-order valence-electron chi connectivity index (χ3n) is 6.56. The number of amides is 3. The van der Waals surface area contributed by atoms with Crippen LogP contribution in [0, 0.1) is 12.7 Å². The first-order valence-electron chi connectivity index (χ1n) is 13.7. The minimum Gasteiger partial charge on any atom is -0.473 e. The topological polar surface area (TPSA) is 120 Å². The molecule has 0 aliphatic carbocycles. The molecule has 5 rings (SSSR count). The van der Waals surface area contributed by atoms with Crippen LogP contribution in [0.15, 0.2) is 72.0 Å². The molecule has 0 bridgehead atoms. The number of carbonyl (C=O) groups is 2. The average molecular weight is 695 g/mol. The van der Waals surface area contributed by atoms with Crippen LogP contribution in [0.25, 0.3) is 17.1 Å². The number of hydrogen-bond acceptors (Lipinski definition) is 8. The highest BCUT2D eigenvalue weighted by atomic mass is 32.2. The Labute approximate surface area is 272 Å². The third-order valence-corrected chi connectivity index (χ3v) is 7.48. The second-order valence-corrected chi connectivity index (χ2v) is 11.0. The highest BCUT2D eigenvalue weighted by Gasteiger charge is 2.61. The number of halogens is 6. The van der Waals surface area contributed by atoms with Crippen molar-refractivity contribution in [2.45, 2.75) is 25.8 Å². The zero-order chi connectivity index (χ0) is 34.6. The van der Waals surface area contributed by atoms with E-state index in [1.54, 1.807) is 6.07 Å². The van der Waals surface area contributed by atoms with E-state index in [9.17, 15) is 35.9 Å². The smallest absolute Gasteiger partial charge is 0.473 e. The number of anilines is 1. The summed E-state index contributed by atoms with van der Waals surface area (Å²) in [5.74, 6) is -1.69. The number of nitrogens with one attached hydrogen (secondary N) is 1. The molecule has 4 aromatic rings. The lowest BCUT2D eigenvalue weighted by molar-refractivity contribution is -0.360. The molecule has 252 valence electrons. The summed E-state index contributed by atoms with van der Waals surface area (Å²) >= 11 is 1.10. The van der Waals surface area contributed by atoms with Crippen molar-refractivity contribution in [3.8, 4) is 28.6 Å². The molecule has 18 heteroatoms. The van der Waals surface area contributed by atoms with Crippen molar-refractivity contribution in [3.63, 3.8) is 0 Å². The molecule has 0 saturated carbocycles. The van der Waals surface area contributed by atoms with Crippen LogP contribution < -0.4 is 19.7 Å². The van der Waals surface area contributed by atoms with Crippen LogP contribution in [0.3, 0.4) is 0 Å². The Balaban J connectivity index is 1.19. The van der Waals surface area contributed by atoms with Crippen LogP contribution in [-0.4, -0.2) is 63.7 Å². The third kappa shape index (κ3) is 7.71. The largest absolute Gasteiger partial charge is 0.499 e. The number of aliphatic imine (C=N–C) groups is 1. The second-order valence-electron chi connectivity index (χ2n) is 10.0. The van der Waals surface area contributed by atoms with E-state index in [1.165, 1.54) is 30.5 Å². The molecule has 1 aromatic heterocycles. The molecule has 0 radical (unpaired) electrons. The van der Waals surface area contributed by atoms with Gasteiger partial charge in [-0.05, 0) is 55.0 Å². The molecule has 48 heavy (non-hydrogen) atoms.